The Balaban J connectivity index is 1.60. The van der Waals surface area contributed by atoms with Crippen molar-refractivity contribution in [1.82, 2.24) is 10.2 Å². The largest absolute Gasteiger partial charge is 0.379 e. The van der Waals surface area contributed by atoms with Crippen LogP contribution in [0.25, 0.3) is 0 Å². The van der Waals surface area contributed by atoms with Crippen molar-refractivity contribution in [3.05, 3.63) is 108 Å². The van der Waals surface area contributed by atoms with E-state index in [1.165, 1.54) is 5.56 Å². The molecule has 1 saturated heterocycles. The van der Waals surface area contributed by atoms with Gasteiger partial charge in [0.2, 0.25) is 0 Å². The van der Waals surface area contributed by atoms with Crippen molar-refractivity contribution in [2.75, 3.05) is 26.3 Å². The lowest BCUT2D eigenvalue weighted by Gasteiger charge is -2.38. The quantitative estimate of drug-likeness (QED) is 0.694. The van der Waals surface area contributed by atoms with E-state index in [1.54, 1.807) is 0 Å². The highest BCUT2D eigenvalue weighted by Crippen LogP contribution is 2.30. The Morgan fingerprint density at radius 3 is 1.71 bits per heavy atom. The van der Waals surface area contributed by atoms with E-state index in [1.807, 2.05) is 36.4 Å². The van der Waals surface area contributed by atoms with Crippen molar-refractivity contribution in [3.8, 4) is 0 Å². The number of rotatable bonds is 5. The molecular weight excluding hydrogens is 384 g/mol. The van der Waals surface area contributed by atoms with E-state index in [0.29, 0.717) is 0 Å². The van der Waals surface area contributed by atoms with Crippen molar-refractivity contribution in [1.29, 1.82) is 0 Å². The lowest BCUT2D eigenvalue weighted by atomic mass is 10.0. The molecule has 0 saturated carbocycles. The third-order valence-corrected chi connectivity index (χ3v) is 5.72. The number of nitrogens with one attached hydrogen (secondary N) is 1. The summed E-state index contributed by atoms with van der Waals surface area (Å²) in [5.41, 5.74) is 3.35. The fraction of sp³-hybridized carbons (Fsp3) is 0.231. The molecule has 156 valence electrons. The van der Waals surface area contributed by atoms with Crippen LogP contribution in [0.4, 0.5) is 0 Å². The van der Waals surface area contributed by atoms with Gasteiger partial charge in [0.15, 0.2) is 6.17 Å². The second kappa shape index (κ2) is 9.25. The molecule has 0 aromatic heterocycles. The third kappa shape index (κ3) is 4.43. The summed E-state index contributed by atoms with van der Waals surface area (Å²) in [5.74, 6) is 1.71. The normalized spacial score (nSPS) is 18.6. The summed E-state index contributed by atoms with van der Waals surface area (Å²) >= 11 is 0. The van der Waals surface area contributed by atoms with Gasteiger partial charge in [-0.3, -0.25) is 4.90 Å². The highest BCUT2D eigenvalue weighted by Gasteiger charge is 2.33. The second-order valence-corrected chi connectivity index (χ2v) is 7.73. The summed E-state index contributed by atoms with van der Waals surface area (Å²) in [6.45, 7) is 3.21. The van der Waals surface area contributed by atoms with Gasteiger partial charge in [0, 0.05) is 24.2 Å². The molecule has 1 N–H and O–H groups in total. The Morgan fingerprint density at radius 1 is 0.710 bits per heavy atom. The van der Waals surface area contributed by atoms with Crippen LogP contribution in [0, 0.1) is 0 Å². The maximum absolute atomic E-state index is 5.63. The molecule has 0 amide bonds. The van der Waals surface area contributed by atoms with Gasteiger partial charge in [0.25, 0.3) is 0 Å². The molecule has 1 unspecified atom stereocenters. The number of hydrogen-bond donors (Lipinski definition) is 1. The second-order valence-electron chi connectivity index (χ2n) is 7.73. The van der Waals surface area contributed by atoms with Gasteiger partial charge in [0.05, 0.1) is 19.3 Å². The number of morpholine rings is 1. The smallest absolute Gasteiger partial charge is 0.163 e. The predicted octanol–water partition coefficient (Wildman–Crippen LogP) is 3.88. The Hall–Kier alpha value is -3.28. The molecule has 2 aliphatic rings. The van der Waals surface area contributed by atoms with Crippen LogP contribution in [-0.4, -0.2) is 49.0 Å². The first-order chi connectivity index (χ1) is 15.4. The van der Waals surface area contributed by atoms with Crippen LogP contribution in [0.15, 0.2) is 101 Å². The predicted molar refractivity (Wildman–Crippen MR) is 124 cm³/mol. The highest BCUT2D eigenvalue weighted by molar-refractivity contribution is 6.15. The van der Waals surface area contributed by atoms with Gasteiger partial charge < -0.3 is 10.1 Å². The van der Waals surface area contributed by atoms with Gasteiger partial charge in [-0.1, -0.05) is 91.0 Å². The lowest BCUT2D eigenvalue weighted by molar-refractivity contribution is 0.0110. The number of benzene rings is 3. The molecule has 5 nitrogen and oxygen atoms in total. The van der Waals surface area contributed by atoms with E-state index in [2.05, 4.69) is 64.8 Å². The molecule has 0 bridgehead atoms. The van der Waals surface area contributed by atoms with Crippen LogP contribution in [0.5, 0.6) is 0 Å². The van der Waals surface area contributed by atoms with Crippen LogP contribution < -0.4 is 5.32 Å². The Kier molecular flexibility index (Phi) is 5.87. The van der Waals surface area contributed by atoms with E-state index in [4.69, 9.17) is 14.7 Å². The minimum atomic E-state index is -0.257. The monoisotopic (exact) mass is 410 g/mol. The molecule has 3 aromatic carbocycles. The average molecular weight is 411 g/mol. The standard InChI is InChI=1S/C26H26N4O/c1-4-10-20(11-5-1)23(30-16-18-31-19-17-30)26-28-24(21-12-6-2-7-13-21)27-25(29-26)22-14-8-3-9-15-22/h1-15,23,26H,16-19H2,(H,27,28,29). The molecule has 1 atom stereocenters. The lowest BCUT2D eigenvalue weighted by Crippen LogP contribution is -2.46. The van der Waals surface area contributed by atoms with Crippen molar-refractivity contribution < 1.29 is 4.74 Å². The van der Waals surface area contributed by atoms with E-state index in [0.717, 1.165) is 49.1 Å². The topological polar surface area (TPSA) is 49.2 Å². The molecule has 5 heteroatoms. The molecule has 3 aromatic rings. The summed E-state index contributed by atoms with van der Waals surface area (Å²) in [4.78, 5) is 12.7. The molecule has 5 rings (SSSR count). The van der Waals surface area contributed by atoms with E-state index in [9.17, 15) is 0 Å². The van der Waals surface area contributed by atoms with Crippen molar-refractivity contribution in [2.45, 2.75) is 12.2 Å². The van der Waals surface area contributed by atoms with Gasteiger partial charge in [-0.15, -0.1) is 0 Å². The average Bonchev–Trinajstić information content (AvgIpc) is 2.86. The zero-order chi connectivity index (χ0) is 20.9. The Morgan fingerprint density at radius 2 is 1.19 bits per heavy atom. The first kappa shape index (κ1) is 19.7. The number of nitrogens with zero attached hydrogens (tertiary/aromatic N) is 3. The van der Waals surface area contributed by atoms with Gasteiger partial charge >= 0.3 is 0 Å². The SMILES string of the molecule is c1ccc(C2=NC(C(c3ccccc3)N3CCOCC3)N=C(c3ccccc3)N2)cc1. The van der Waals surface area contributed by atoms with Crippen LogP contribution in [0.1, 0.15) is 22.7 Å². The zero-order valence-electron chi connectivity index (χ0n) is 17.4. The van der Waals surface area contributed by atoms with Crippen LogP contribution in [0.2, 0.25) is 0 Å². The molecule has 31 heavy (non-hydrogen) atoms. The molecule has 0 radical (unpaired) electrons. The van der Waals surface area contributed by atoms with Crippen LogP contribution in [-0.2, 0) is 4.74 Å². The summed E-state index contributed by atoms with van der Waals surface area (Å²) < 4.78 is 5.63. The third-order valence-electron chi connectivity index (χ3n) is 5.72. The summed E-state index contributed by atoms with van der Waals surface area (Å²) in [6.07, 6.45) is -0.257. The number of amidine groups is 2. The summed E-state index contributed by atoms with van der Waals surface area (Å²) in [5, 5.41) is 3.48. The molecule has 0 aliphatic carbocycles. The van der Waals surface area contributed by atoms with E-state index in [-0.39, 0.29) is 12.2 Å². The fourth-order valence-corrected chi connectivity index (χ4v) is 4.17. The maximum atomic E-state index is 5.63. The first-order valence-corrected chi connectivity index (χ1v) is 10.8. The van der Waals surface area contributed by atoms with E-state index >= 15 is 0 Å². The molecular formula is C26H26N4O. The van der Waals surface area contributed by atoms with Gasteiger partial charge in [-0.25, -0.2) is 9.98 Å². The van der Waals surface area contributed by atoms with Crippen molar-refractivity contribution >= 4 is 11.7 Å². The summed E-state index contributed by atoms with van der Waals surface area (Å²) in [7, 11) is 0. The summed E-state index contributed by atoms with van der Waals surface area (Å²) in [6, 6.07) is 31.2. The Bertz CT molecular complexity index is 989. The van der Waals surface area contributed by atoms with Crippen molar-refractivity contribution in [3.63, 3.8) is 0 Å². The number of ether oxygens (including phenoxy) is 1. The molecule has 2 heterocycles. The molecule has 1 fully saturated rings. The van der Waals surface area contributed by atoms with Gasteiger partial charge in [-0.05, 0) is 5.56 Å². The van der Waals surface area contributed by atoms with Gasteiger partial charge in [0.1, 0.15) is 11.7 Å². The van der Waals surface area contributed by atoms with Crippen molar-refractivity contribution in [2.24, 2.45) is 9.98 Å². The number of aliphatic imine (C=N–C) groups is 2. The van der Waals surface area contributed by atoms with Crippen LogP contribution >= 0.6 is 0 Å². The minimum absolute atomic E-state index is 0.0459. The number of hydrogen-bond acceptors (Lipinski definition) is 5. The fourth-order valence-electron chi connectivity index (χ4n) is 4.17. The van der Waals surface area contributed by atoms with E-state index < -0.39 is 0 Å². The first-order valence-electron chi connectivity index (χ1n) is 10.8. The molecule has 0 spiro atoms. The maximum Gasteiger partial charge on any atom is 0.163 e. The molecule has 2 aliphatic heterocycles. The minimum Gasteiger partial charge on any atom is -0.379 e. The Labute approximate surface area is 183 Å². The van der Waals surface area contributed by atoms with Gasteiger partial charge in [-0.2, -0.15) is 0 Å². The highest BCUT2D eigenvalue weighted by atomic mass is 16.5. The zero-order valence-corrected chi connectivity index (χ0v) is 17.4. The van der Waals surface area contributed by atoms with Crippen LogP contribution in [0.3, 0.4) is 0 Å².